The fourth-order valence-corrected chi connectivity index (χ4v) is 2.61. The normalized spacial score (nSPS) is 11.3. The highest BCUT2D eigenvalue weighted by molar-refractivity contribution is 6.02. The Morgan fingerprint density at radius 1 is 0.926 bits per heavy atom. The fourth-order valence-electron chi connectivity index (χ4n) is 2.61. The van der Waals surface area contributed by atoms with Gasteiger partial charge < -0.3 is 19.5 Å². The van der Waals surface area contributed by atoms with Crippen molar-refractivity contribution in [1.82, 2.24) is 0 Å². The van der Waals surface area contributed by atoms with Crippen molar-refractivity contribution >= 4 is 17.7 Å². The van der Waals surface area contributed by atoms with Crippen molar-refractivity contribution < 1.29 is 19.0 Å². The van der Waals surface area contributed by atoms with Crippen LogP contribution < -0.4 is 19.5 Å². The minimum absolute atomic E-state index is 0.0783. The topological polar surface area (TPSA) is 56.8 Å². The molecule has 0 saturated carbocycles. The van der Waals surface area contributed by atoms with Crippen molar-refractivity contribution in [3.8, 4) is 17.2 Å². The molecule has 144 valence electrons. The molecular formula is C22H27NO4. The number of nitrogens with one attached hydrogen (secondary N) is 1. The molecule has 1 N–H and O–H groups in total. The van der Waals surface area contributed by atoms with Gasteiger partial charge in [0.25, 0.3) is 0 Å². The first kappa shape index (κ1) is 20.4. The maximum atomic E-state index is 12.2. The molecule has 0 fully saturated rings. The van der Waals surface area contributed by atoms with E-state index in [0.717, 1.165) is 11.3 Å². The van der Waals surface area contributed by atoms with Crippen LogP contribution >= 0.6 is 0 Å². The second-order valence-corrected chi connectivity index (χ2v) is 7.11. The minimum atomic E-state index is -0.215. The van der Waals surface area contributed by atoms with E-state index < -0.39 is 0 Å². The largest absolute Gasteiger partial charge is 0.493 e. The van der Waals surface area contributed by atoms with E-state index in [1.54, 1.807) is 39.5 Å². The van der Waals surface area contributed by atoms with Gasteiger partial charge in [0.05, 0.1) is 21.3 Å². The third-order valence-corrected chi connectivity index (χ3v) is 4.13. The molecule has 27 heavy (non-hydrogen) atoms. The van der Waals surface area contributed by atoms with Crippen molar-refractivity contribution in [3.05, 3.63) is 53.6 Å². The number of methoxy groups -OCH3 is 3. The van der Waals surface area contributed by atoms with Crippen LogP contribution in [0.2, 0.25) is 0 Å². The first-order valence-corrected chi connectivity index (χ1v) is 8.68. The molecular weight excluding hydrogens is 342 g/mol. The molecule has 0 aliphatic rings. The first-order chi connectivity index (χ1) is 12.8. The fraction of sp³-hybridized carbons (Fsp3) is 0.318. The smallest absolute Gasteiger partial charge is 0.248 e. The molecule has 0 saturated heterocycles. The van der Waals surface area contributed by atoms with Gasteiger partial charge in [-0.05, 0) is 46.9 Å². The van der Waals surface area contributed by atoms with Crippen molar-refractivity contribution in [2.45, 2.75) is 26.2 Å². The van der Waals surface area contributed by atoms with Crippen LogP contribution in [0.3, 0.4) is 0 Å². The summed E-state index contributed by atoms with van der Waals surface area (Å²) in [5.74, 6) is 1.37. The molecule has 2 rings (SSSR count). The zero-order valence-corrected chi connectivity index (χ0v) is 16.8. The molecule has 5 heteroatoms. The van der Waals surface area contributed by atoms with Gasteiger partial charge in [0.1, 0.15) is 0 Å². The van der Waals surface area contributed by atoms with Gasteiger partial charge in [0, 0.05) is 11.8 Å². The van der Waals surface area contributed by atoms with Gasteiger partial charge in [-0.25, -0.2) is 0 Å². The molecule has 0 aliphatic heterocycles. The zero-order valence-electron chi connectivity index (χ0n) is 16.8. The van der Waals surface area contributed by atoms with E-state index in [0.29, 0.717) is 17.2 Å². The van der Waals surface area contributed by atoms with Crippen LogP contribution in [0.25, 0.3) is 6.08 Å². The van der Waals surface area contributed by atoms with E-state index in [1.807, 2.05) is 24.3 Å². The van der Waals surface area contributed by atoms with Gasteiger partial charge >= 0.3 is 0 Å². The highest BCUT2D eigenvalue weighted by atomic mass is 16.5. The lowest BCUT2D eigenvalue weighted by molar-refractivity contribution is -0.111. The van der Waals surface area contributed by atoms with Gasteiger partial charge in [-0.3, -0.25) is 4.79 Å². The van der Waals surface area contributed by atoms with Crippen LogP contribution in [-0.4, -0.2) is 27.2 Å². The standard InChI is InChI=1S/C22H27NO4/c1-22(2,3)16-8-10-17(11-9-16)23-20(24)12-7-15-13-18(25-4)21(27-6)19(14-15)26-5/h7-14H,1-6H3,(H,23,24). The molecule has 0 spiro atoms. The van der Waals surface area contributed by atoms with Gasteiger partial charge in [0.2, 0.25) is 11.7 Å². The highest BCUT2D eigenvalue weighted by Crippen LogP contribution is 2.38. The zero-order chi connectivity index (χ0) is 20.0. The lowest BCUT2D eigenvalue weighted by Gasteiger charge is -2.19. The number of hydrogen-bond donors (Lipinski definition) is 1. The second kappa shape index (κ2) is 8.62. The maximum absolute atomic E-state index is 12.2. The number of hydrogen-bond acceptors (Lipinski definition) is 4. The molecule has 0 aliphatic carbocycles. The minimum Gasteiger partial charge on any atom is -0.493 e. The van der Waals surface area contributed by atoms with E-state index >= 15 is 0 Å². The summed E-state index contributed by atoms with van der Waals surface area (Å²) >= 11 is 0. The van der Waals surface area contributed by atoms with Crippen LogP contribution in [0.4, 0.5) is 5.69 Å². The molecule has 0 heterocycles. The molecule has 5 nitrogen and oxygen atoms in total. The summed E-state index contributed by atoms with van der Waals surface area (Å²) in [6, 6.07) is 11.4. The van der Waals surface area contributed by atoms with E-state index in [2.05, 4.69) is 26.1 Å². The Morgan fingerprint density at radius 2 is 1.48 bits per heavy atom. The van der Waals surface area contributed by atoms with Crippen LogP contribution in [-0.2, 0) is 10.2 Å². The van der Waals surface area contributed by atoms with Crippen LogP contribution in [0, 0.1) is 0 Å². The summed E-state index contributed by atoms with van der Waals surface area (Å²) in [6.45, 7) is 6.46. The summed E-state index contributed by atoms with van der Waals surface area (Å²) in [4.78, 5) is 12.2. The number of carbonyl (C=O) groups is 1. The van der Waals surface area contributed by atoms with Crippen molar-refractivity contribution in [1.29, 1.82) is 0 Å². The second-order valence-electron chi connectivity index (χ2n) is 7.11. The predicted molar refractivity (Wildman–Crippen MR) is 109 cm³/mol. The molecule has 0 atom stereocenters. The summed E-state index contributed by atoms with van der Waals surface area (Å²) in [6.07, 6.45) is 3.17. The van der Waals surface area contributed by atoms with Gasteiger partial charge in [-0.1, -0.05) is 32.9 Å². The lowest BCUT2D eigenvalue weighted by atomic mass is 9.87. The quantitative estimate of drug-likeness (QED) is 0.752. The Balaban J connectivity index is 2.12. The third kappa shape index (κ3) is 5.26. The summed E-state index contributed by atoms with van der Waals surface area (Å²) in [5.41, 5.74) is 2.81. The average Bonchev–Trinajstić information content (AvgIpc) is 2.65. The molecule has 2 aromatic rings. The van der Waals surface area contributed by atoms with E-state index in [1.165, 1.54) is 11.6 Å². The molecule has 1 amide bonds. The molecule has 0 radical (unpaired) electrons. The summed E-state index contributed by atoms with van der Waals surface area (Å²) < 4.78 is 15.9. The number of amides is 1. The molecule has 2 aromatic carbocycles. The maximum Gasteiger partial charge on any atom is 0.248 e. The van der Waals surface area contributed by atoms with E-state index in [-0.39, 0.29) is 11.3 Å². The van der Waals surface area contributed by atoms with Crippen molar-refractivity contribution in [3.63, 3.8) is 0 Å². The SMILES string of the molecule is COc1cc(C=CC(=O)Nc2ccc(C(C)(C)C)cc2)cc(OC)c1OC. The molecule has 0 unspecified atom stereocenters. The Kier molecular flexibility index (Phi) is 6.50. The number of anilines is 1. The molecule has 0 bridgehead atoms. The third-order valence-electron chi connectivity index (χ3n) is 4.13. The van der Waals surface area contributed by atoms with Crippen LogP contribution in [0.5, 0.6) is 17.2 Å². The Labute approximate surface area is 161 Å². The van der Waals surface area contributed by atoms with E-state index in [4.69, 9.17) is 14.2 Å². The monoisotopic (exact) mass is 369 g/mol. The van der Waals surface area contributed by atoms with Crippen molar-refractivity contribution in [2.75, 3.05) is 26.6 Å². The highest BCUT2D eigenvalue weighted by Gasteiger charge is 2.13. The van der Waals surface area contributed by atoms with Crippen LogP contribution in [0.15, 0.2) is 42.5 Å². The van der Waals surface area contributed by atoms with Gasteiger partial charge in [-0.2, -0.15) is 0 Å². The number of benzene rings is 2. The Hall–Kier alpha value is -2.95. The lowest BCUT2D eigenvalue weighted by Crippen LogP contribution is -2.12. The summed E-state index contributed by atoms with van der Waals surface area (Å²) in [7, 11) is 4.66. The first-order valence-electron chi connectivity index (χ1n) is 8.68. The predicted octanol–water partition coefficient (Wildman–Crippen LogP) is 4.66. The average molecular weight is 369 g/mol. The van der Waals surface area contributed by atoms with Gasteiger partial charge in [0.15, 0.2) is 11.5 Å². The van der Waals surface area contributed by atoms with Crippen molar-refractivity contribution in [2.24, 2.45) is 0 Å². The number of carbonyl (C=O) groups excluding carboxylic acids is 1. The van der Waals surface area contributed by atoms with Crippen LogP contribution in [0.1, 0.15) is 31.9 Å². The number of rotatable bonds is 6. The summed E-state index contributed by atoms with van der Waals surface area (Å²) in [5, 5.41) is 2.86. The van der Waals surface area contributed by atoms with Gasteiger partial charge in [-0.15, -0.1) is 0 Å². The Morgan fingerprint density at radius 3 is 1.93 bits per heavy atom. The Bertz CT molecular complexity index is 792. The van der Waals surface area contributed by atoms with E-state index in [9.17, 15) is 4.79 Å². The number of ether oxygens (including phenoxy) is 3. The molecule has 0 aromatic heterocycles.